The van der Waals surface area contributed by atoms with Gasteiger partial charge in [-0.05, 0) is 12.5 Å². The van der Waals surface area contributed by atoms with Gasteiger partial charge >= 0.3 is 12.1 Å². The van der Waals surface area contributed by atoms with E-state index in [1.54, 1.807) is 14.1 Å². The summed E-state index contributed by atoms with van der Waals surface area (Å²) < 4.78 is 5.17. The smallest absolute Gasteiger partial charge is 0.409 e. The number of hydrogen-bond donors (Lipinski definition) is 1. The highest BCUT2D eigenvalue weighted by molar-refractivity contribution is 5.71. The van der Waals surface area contributed by atoms with E-state index in [0.29, 0.717) is 13.1 Å². The van der Waals surface area contributed by atoms with Crippen LogP contribution in [0.4, 0.5) is 9.59 Å². The van der Waals surface area contributed by atoms with E-state index in [2.05, 4.69) is 0 Å². The van der Waals surface area contributed by atoms with Crippen molar-refractivity contribution in [2.24, 2.45) is 5.73 Å². The normalized spacial score (nSPS) is 9.32. The highest BCUT2D eigenvalue weighted by atomic mass is 16.6. The van der Waals surface area contributed by atoms with E-state index in [9.17, 15) is 9.59 Å². The van der Waals surface area contributed by atoms with E-state index in [0.717, 1.165) is 11.1 Å². The van der Waals surface area contributed by atoms with Crippen LogP contribution >= 0.6 is 0 Å². The summed E-state index contributed by atoms with van der Waals surface area (Å²) in [6, 6.07) is 7.25. The zero-order chi connectivity index (χ0) is 17.1. The fourth-order valence-electron chi connectivity index (χ4n) is 1.44. The van der Waals surface area contributed by atoms with Gasteiger partial charge in [0, 0.05) is 27.2 Å². The SMILES string of the molecule is CC.Cc1ccc(COC(=O)N(C)CCN(C)C(N)=O)cc1. The van der Waals surface area contributed by atoms with Crippen LogP contribution in [0.2, 0.25) is 0 Å². The number of likely N-dealkylation sites (N-methyl/N-ethyl adjacent to an activating group) is 2. The van der Waals surface area contributed by atoms with Gasteiger partial charge in [-0.1, -0.05) is 43.7 Å². The molecule has 6 heteroatoms. The Morgan fingerprint density at radius 3 is 2.05 bits per heavy atom. The molecule has 0 fully saturated rings. The van der Waals surface area contributed by atoms with Crippen LogP contribution in [0.15, 0.2) is 24.3 Å². The predicted molar refractivity (Wildman–Crippen MR) is 87.6 cm³/mol. The van der Waals surface area contributed by atoms with Gasteiger partial charge in [0.2, 0.25) is 0 Å². The number of amides is 3. The average Bonchev–Trinajstić information content (AvgIpc) is 2.53. The second kappa shape index (κ2) is 10.5. The molecule has 3 amide bonds. The zero-order valence-corrected chi connectivity index (χ0v) is 14.1. The first-order chi connectivity index (χ1) is 10.4. The van der Waals surface area contributed by atoms with Crippen molar-refractivity contribution < 1.29 is 14.3 Å². The molecule has 0 aliphatic rings. The molecule has 2 N–H and O–H groups in total. The maximum atomic E-state index is 11.7. The van der Waals surface area contributed by atoms with E-state index in [1.165, 1.54) is 9.80 Å². The topological polar surface area (TPSA) is 75.9 Å². The maximum absolute atomic E-state index is 11.7. The van der Waals surface area contributed by atoms with Crippen LogP contribution in [0.1, 0.15) is 25.0 Å². The predicted octanol–water partition coefficient (Wildman–Crippen LogP) is 2.60. The summed E-state index contributed by atoms with van der Waals surface area (Å²) in [5, 5.41) is 0. The number of rotatable bonds is 5. The number of nitrogens with zero attached hydrogens (tertiary/aromatic N) is 2. The molecule has 0 spiro atoms. The Kier molecular flexibility index (Phi) is 9.41. The van der Waals surface area contributed by atoms with Crippen LogP contribution in [-0.2, 0) is 11.3 Å². The maximum Gasteiger partial charge on any atom is 0.409 e. The van der Waals surface area contributed by atoms with Crippen LogP contribution in [0.25, 0.3) is 0 Å². The number of carbonyl (C=O) groups excluding carboxylic acids is 2. The third-order valence-corrected chi connectivity index (χ3v) is 2.94. The quantitative estimate of drug-likeness (QED) is 0.908. The Bertz CT molecular complexity index is 460. The van der Waals surface area contributed by atoms with Crippen molar-refractivity contribution in [1.29, 1.82) is 0 Å². The third kappa shape index (κ3) is 7.52. The molecule has 6 nitrogen and oxygen atoms in total. The molecule has 0 aliphatic carbocycles. The fourth-order valence-corrected chi connectivity index (χ4v) is 1.44. The number of carbonyl (C=O) groups is 2. The molecule has 0 heterocycles. The molecule has 0 aromatic heterocycles. The Hall–Kier alpha value is -2.24. The number of nitrogens with two attached hydrogens (primary N) is 1. The fraction of sp³-hybridized carbons (Fsp3) is 0.500. The minimum atomic E-state index is -0.522. The molecule has 1 aromatic carbocycles. The van der Waals surface area contributed by atoms with Gasteiger partial charge in [0.05, 0.1) is 0 Å². The van der Waals surface area contributed by atoms with E-state index in [4.69, 9.17) is 10.5 Å². The first kappa shape index (κ1) is 19.8. The molecule has 22 heavy (non-hydrogen) atoms. The first-order valence-electron chi connectivity index (χ1n) is 7.34. The second-order valence-corrected chi connectivity index (χ2v) is 4.72. The third-order valence-electron chi connectivity index (χ3n) is 2.94. The molecule has 0 radical (unpaired) electrons. The van der Waals surface area contributed by atoms with Crippen LogP contribution in [-0.4, -0.2) is 49.1 Å². The van der Waals surface area contributed by atoms with E-state index in [-0.39, 0.29) is 6.61 Å². The Balaban J connectivity index is 0.00000211. The number of hydrogen-bond acceptors (Lipinski definition) is 3. The average molecular weight is 309 g/mol. The Labute approximate surface area is 132 Å². The summed E-state index contributed by atoms with van der Waals surface area (Å²) in [6.45, 7) is 6.96. The van der Waals surface area contributed by atoms with Crippen LogP contribution in [0.3, 0.4) is 0 Å². The molecule has 0 bridgehead atoms. The van der Waals surface area contributed by atoms with Gasteiger partial charge in [-0.25, -0.2) is 9.59 Å². The molecular formula is C16H27N3O3. The molecular weight excluding hydrogens is 282 g/mol. The van der Waals surface area contributed by atoms with Crippen LogP contribution in [0, 0.1) is 6.92 Å². The Morgan fingerprint density at radius 2 is 1.55 bits per heavy atom. The lowest BCUT2D eigenvalue weighted by Crippen LogP contribution is -2.39. The van der Waals surface area contributed by atoms with Crippen molar-refractivity contribution in [3.05, 3.63) is 35.4 Å². The first-order valence-corrected chi connectivity index (χ1v) is 7.34. The molecule has 0 saturated heterocycles. The number of urea groups is 1. The summed E-state index contributed by atoms with van der Waals surface area (Å²) in [5.41, 5.74) is 7.19. The molecule has 124 valence electrons. The number of ether oxygens (including phenoxy) is 1. The highest BCUT2D eigenvalue weighted by Gasteiger charge is 2.12. The van der Waals surface area contributed by atoms with Gasteiger partial charge in [0.1, 0.15) is 6.61 Å². The summed E-state index contributed by atoms with van der Waals surface area (Å²) in [7, 11) is 3.19. The lowest BCUT2D eigenvalue weighted by molar-refractivity contribution is 0.102. The minimum absolute atomic E-state index is 0.231. The lowest BCUT2D eigenvalue weighted by atomic mass is 10.2. The van der Waals surface area contributed by atoms with Crippen molar-refractivity contribution in [2.75, 3.05) is 27.2 Å². The van der Waals surface area contributed by atoms with Gasteiger partial charge in [0.15, 0.2) is 0 Å². The molecule has 0 atom stereocenters. The van der Waals surface area contributed by atoms with Crippen molar-refractivity contribution >= 4 is 12.1 Å². The molecule has 1 rings (SSSR count). The summed E-state index contributed by atoms with van der Waals surface area (Å²) in [6.07, 6.45) is -0.427. The van der Waals surface area contributed by atoms with Crippen molar-refractivity contribution in [2.45, 2.75) is 27.4 Å². The molecule has 0 unspecified atom stereocenters. The largest absolute Gasteiger partial charge is 0.445 e. The van der Waals surface area contributed by atoms with Crippen LogP contribution < -0.4 is 5.73 Å². The van der Waals surface area contributed by atoms with E-state index < -0.39 is 12.1 Å². The standard InChI is InChI=1S/C14H21N3O3.C2H6/c1-11-4-6-12(7-5-11)10-20-14(19)17(3)9-8-16(2)13(15)18;1-2/h4-7H,8-10H2,1-3H3,(H2,15,18);1-2H3. The lowest BCUT2D eigenvalue weighted by Gasteiger charge is -2.20. The van der Waals surface area contributed by atoms with Gasteiger partial charge in [-0.15, -0.1) is 0 Å². The van der Waals surface area contributed by atoms with Gasteiger partial charge < -0.3 is 20.3 Å². The van der Waals surface area contributed by atoms with Crippen molar-refractivity contribution in [1.82, 2.24) is 9.80 Å². The monoisotopic (exact) mass is 309 g/mol. The number of benzene rings is 1. The molecule has 0 saturated carbocycles. The summed E-state index contributed by atoms with van der Waals surface area (Å²) in [4.78, 5) is 25.3. The van der Waals surface area contributed by atoms with Gasteiger partial charge in [0.25, 0.3) is 0 Å². The molecule has 1 aromatic rings. The number of aryl methyl sites for hydroxylation is 1. The van der Waals surface area contributed by atoms with Gasteiger partial charge in [-0.2, -0.15) is 0 Å². The van der Waals surface area contributed by atoms with Crippen molar-refractivity contribution in [3.8, 4) is 0 Å². The summed E-state index contributed by atoms with van der Waals surface area (Å²) in [5.74, 6) is 0. The van der Waals surface area contributed by atoms with Crippen molar-refractivity contribution in [3.63, 3.8) is 0 Å². The Morgan fingerprint density at radius 1 is 1.05 bits per heavy atom. The number of primary amides is 1. The van der Waals surface area contributed by atoms with E-state index in [1.807, 2.05) is 45.0 Å². The van der Waals surface area contributed by atoms with Gasteiger partial charge in [-0.3, -0.25) is 0 Å². The highest BCUT2D eigenvalue weighted by Crippen LogP contribution is 2.05. The van der Waals surface area contributed by atoms with E-state index >= 15 is 0 Å². The zero-order valence-electron chi connectivity index (χ0n) is 14.1. The minimum Gasteiger partial charge on any atom is -0.445 e. The second-order valence-electron chi connectivity index (χ2n) is 4.72. The molecule has 0 aliphatic heterocycles. The summed E-state index contributed by atoms with van der Waals surface area (Å²) >= 11 is 0. The van der Waals surface area contributed by atoms with Crippen LogP contribution in [0.5, 0.6) is 0 Å².